The molecule has 0 aliphatic rings. The number of thioether (sulfide) groups is 1. The van der Waals surface area contributed by atoms with Crippen molar-refractivity contribution >= 4 is 45.0 Å². The summed E-state index contributed by atoms with van der Waals surface area (Å²) in [7, 11) is 3.36. The molecule has 0 spiro atoms. The summed E-state index contributed by atoms with van der Waals surface area (Å²) in [5, 5.41) is 8.19. The van der Waals surface area contributed by atoms with Crippen LogP contribution in [0.25, 0.3) is 15.9 Å². The number of aromatic nitrogens is 4. The number of amides is 1. The van der Waals surface area contributed by atoms with Crippen molar-refractivity contribution in [2.75, 3.05) is 18.2 Å². The highest BCUT2D eigenvalue weighted by atomic mass is 32.2. The molecule has 0 saturated heterocycles. The number of carbonyl (C=O) groups excluding carboxylic acids is 1. The molecule has 0 unspecified atom stereocenters. The van der Waals surface area contributed by atoms with E-state index in [1.165, 1.54) is 23.1 Å². The Hall–Kier alpha value is -3.11. The van der Waals surface area contributed by atoms with Gasteiger partial charge in [-0.15, -0.1) is 11.3 Å². The lowest BCUT2D eigenvalue weighted by molar-refractivity contribution is -0.113. The van der Waals surface area contributed by atoms with Crippen LogP contribution in [0.1, 0.15) is 23.1 Å². The standard InChI is InChI=1S/C23H25N5O3S2/c1-6-17-14(3)20-21(33-17)25-23(28(22(20)30)15-8-7-9-16(11-15)31-5)32-12-19(29)24-18-10-13(2)26-27(18)4/h7-11H,6,12H2,1-5H3,(H,24,29). The molecule has 1 N–H and O–H groups in total. The maximum Gasteiger partial charge on any atom is 0.267 e. The maximum atomic E-state index is 13.6. The highest BCUT2D eigenvalue weighted by Crippen LogP contribution is 2.31. The van der Waals surface area contributed by atoms with E-state index in [0.717, 1.165) is 22.6 Å². The Balaban J connectivity index is 1.74. The summed E-state index contributed by atoms with van der Waals surface area (Å²) in [5.74, 6) is 1.15. The summed E-state index contributed by atoms with van der Waals surface area (Å²) < 4.78 is 8.54. The normalized spacial score (nSPS) is 11.2. The van der Waals surface area contributed by atoms with Gasteiger partial charge in [-0.3, -0.25) is 18.8 Å². The van der Waals surface area contributed by atoms with Crippen LogP contribution in [0.5, 0.6) is 5.75 Å². The third-order valence-electron chi connectivity index (χ3n) is 5.27. The van der Waals surface area contributed by atoms with Crippen LogP contribution in [0.2, 0.25) is 0 Å². The van der Waals surface area contributed by atoms with E-state index in [9.17, 15) is 9.59 Å². The quantitative estimate of drug-likeness (QED) is 0.314. The molecule has 0 saturated carbocycles. The minimum atomic E-state index is -0.203. The van der Waals surface area contributed by atoms with E-state index in [-0.39, 0.29) is 17.2 Å². The number of nitrogens with zero attached hydrogens (tertiary/aromatic N) is 4. The summed E-state index contributed by atoms with van der Waals surface area (Å²) in [6.07, 6.45) is 0.834. The Bertz CT molecular complexity index is 1400. The highest BCUT2D eigenvalue weighted by molar-refractivity contribution is 7.99. The fourth-order valence-corrected chi connectivity index (χ4v) is 5.63. The number of fused-ring (bicyclic) bond motifs is 1. The number of hydrogen-bond acceptors (Lipinski definition) is 7. The van der Waals surface area contributed by atoms with Gasteiger partial charge in [0.15, 0.2) is 5.16 Å². The number of benzene rings is 1. The third kappa shape index (κ3) is 4.53. The summed E-state index contributed by atoms with van der Waals surface area (Å²) in [6, 6.07) is 9.08. The first-order valence-electron chi connectivity index (χ1n) is 10.4. The third-order valence-corrected chi connectivity index (χ3v) is 7.54. The molecule has 3 aromatic heterocycles. The second kappa shape index (κ2) is 9.40. The maximum absolute atomic E-state index is 13.6. The van der Waals surface area contributed by atoms with Gasteiger partial charge in [0.2, 0.25) is 5.91 Å². The first kappa shape index (κ1) is 23.1. The highest BCUT2D eigenvalue weighted by Gasteiger charge is 2.20. The smallest absolute Gasteiger partial charge is 0.267 e. The molecule has 0 fully saturated rings. The van der Waals surface area contributed by atoms with Gasteiger partial charge in [-0.25, -0.2) is 4.98 Å². The van der Waals surface area contributed by atoms with Crippen LogP contribution >= 0.6 is 23.1 Å². The zero-order valence-electron chi connectivity index (χ0n) is 19.1. The van der Waals surface area contributed by atoms with Crippen molar-refractivity contribution in [2.24, 2.45) is 7.05 Å². The molecule has 3 heterocycles. The van der Waals surface area contributed by atoms with Gasteiger partial charge >= 0.3 is 0 Å². The van der Waals surface area contributed by atoms with Crippen molar-refractivity contribution in [3.05, 3.63) is 56.8 Å². The Labute approximate surface area is 199 Å². The van der Waals surface area contributed by atoms with Crippen molar-refractivity contribution in [3.63, 3.8) is 0 Å². The number of carbonyl (C=O) groups is 1. The molecule has 0 radical (unpaired) electrons. The van der Waals surface area contributed by atoms with Gasteiger partial charge in [-0.05, 0) is 38.0 Å². The summed E-state index contributed by atoms with van der Waals surface area (Å²) in [6.45, 7) is 5.90. The van der Waals surface area contributed by atoms with Gasteiger partial charge in [0.25, 0.3) is 5.56 Å². The number of rotatable bonds is 7. The molecule has 172 valence electrons. The van der Waals surface area contributed by atoms with Gasteiger partial charge in [0, 0.05) is 24.1 Å². The molecule has 0 atom stereocenters. The Morgan fingerprint density at radius 3 is 2.73 bits per heavy atom. The Morgan fingerprint density at radius 2 is 2.06 bits per heavy atom. The zero-order valence-corrected chi connectivity index (χ0v) is 20.8. The lowest BCUT2D eigenvalue weighted by Gasteiger charge is -2.13. The van der Waals surface area contributed by atoms with Crippen LogP contribution in [-0.4, -0.2) is 38.1 Å². The van der Waals surface area contributed by atoms with Crippen LogP contribution in [0.15, 0.2) is 40.3 Å². The molecular weight excluding hydrogens is 458 g/mol. The monoisotopic (exact) mass is 483 g/mol. The molecule has 1 aromatic carbocycles. The SMILES string of the molecule is CCc1sc2nc(SCC(=O)Nc3cc(C)nn3C)n(-c3cccc(OC)c3)c(=O)c2c1C. The van der Waals surface area contributed by atoms with E-state index in [2.05, 4.69) is 17.3 Å². The van der Waals surface area contributed by atoms with Crippen LogP contribution in [0, 0.1) is 13.8 Å². The fraction of sp³-hybridized carbons (Fsp3) is 0.304. The summed E-state index contributed by atoms with van der Waals surface area (Å²) >= 11 is 2.75. The molecular formula is C23H25N5O3S2. The van der Waals surface area contributed by atoms with E-state index in [4.69, 9.17) is 9.72 Å². The number of hydrogen-bond donors (Lipinski definition) is 1. The van der Waals surface area contributed by atoms with Crippen molar-refractivity contribution in [2.45, 2.75) is 32.3 Å². The predicted octanol–water partition coefficient (Wildman–Crippen LogP) is 4.10. The number of thiophene rings is 1. The summed E-state index contributed by atoms with van der Waals surface area (Å²) in [4.78, 5) is 32.9. The largest absolute Gasteiger partial charge is 0.497 e. The van der Waals surface area contributed by atoms with Crippen molar-refractivity contribution in [3.8, 4) is 11.4 Å². The molecule has 33 heavy (non-hydrogen) atoms. The molecule has 0 aliphatic heterocycles. The first-order valence-corrected chi connectivity index (χ1v) is 12.2. The average molecular weight is 484 g/mol. The lowest BCUT2D eigenvalue weighted by Crippen LogP contribution is -2.23. The molecule has 10 heteroatoms. The van der Waals surface area contributed by atoms with Crippen molar-refractivity contribution in [1.82, 2.24) is 19.3 Å². The van der Waals surface area contributed by atoms with E-state index < -0.39 is 0 Å². The number of nitrogens with one attached hydrogen (secondary N) is 1. The van der Waals surface area contributed by atoms with Crippen molar-refractivity contribution in [1.29, 1.82) is 0 Å². The molecule has 0 aliphatic carbocycles. The van der Waals surface area contributed by atoms with Crippen LogP contribution < -0.4 is 15.6 Å². The molecule has 0 bridgehead atoms. The van der Waals surface area contributed by atoms with Gasteiger partial charge in [-0.1, -0.05) is 24.8 Å². The molecule has 4 rings (SSSR count). The van der Waals surface area contributed by atoms with E-state index in [0.29, 0.717) is 32.6 Å². The minimum absolute atomic E-state index is 0.0944. The minimum Gasteiger partial charge on any atom is -0.497 e. The second-order valence-electron chi connectivity index (χ2n) is 7.55. The number of methoxy groups -OCH3 is 1. The van der Waals surface area contributed by atoms with Crippen LogP contribution in [0.3, 0.4) is 0 Å². The van der Waals surface area contributed by atoms with Crippen molar-refractivity contribution < 1.29 is 9.53 Å². The first-order chi connectivity index (χ1) is 15.8. The predicted molar refractivity (Wildman–Crippen MR) is 133 cm³/mol. The second-order valence-corrected chi connectivity index (χ2v) is 9.58. The molecule has 8 nitrogen and oxygen atoms in total. The summed E-state index contributed by atoms with van der Waals surface area (Å²) in [5.41, 5.74) is 2.28. The van der Waals surface area contributed by atoms with Crippen LogP contribution in [0.4, 0.5) is 5.82 Å². The topological polar surface area (TPSA) is 91.0 Å². The Morgan fingerprint density at radius 1 is 1.27 bits per heavy atom. The zero-order chi connectivity index (χ0) is 23.7. The van der Waals surface area contributed by atoms with E-state index in [1.807, 2.05) is 32.0 Å². The average Bonchev–Trinajstić information content (AvgIpc) is 3.29. The fourth-order valence-electron chi connectivity index (χ4n) is 3.66. The number of ether oxygens (including phenoxy) is 1. The van der Waals surface area contributed by atoms with Gasteiger partial charge in [0.05, 0.1) is 29.6 Å². The Kier molecular flexibility index (Phi) is 6.57. The van der Waals surface area contributed by atoms with Crippen LogP contribution in [-0.2, 0) is 18.3 Å². The lowest BCUT2D eigenvalue weighted by atomic mass is 10.2. The van der Waals surface area contributed by atoms with Gasteiger partial charge in [0.1, 0.15) is 16.4 Å². The molecule has 1 amide bonds. The van der Waals surface area contributed by atoms with E-state index >= 15 is 0 Å². The molecule has 4 aromatic rings. The number of anilines is 1. The van der Waals surface area contributed by atoms with Gasteiger partial charge < -0.3 is 10.1 Å². The van der Waals surface area contributed by atoms with E-state index in [1.54, 1.807) is 35.5 Å². The van der Waals surface area contributed by atoms with Gasteiger partial charge in [-0.2, -0.15) is 5.10 Å². The number of aryl methyl sites for hydroxylation is 4.